The molecule has 120 valence electrons. The molecule has 1 saturated heterocycles. The molecular formula is C16H23N3O3. The van der Waals surface area contributed by atoms with Crippen LogP contribution in [-0.4, -0.2) is 44.8 Å². The van der Waals surface area contributed by atoms with Gasteiger partial charge in [0.2, 0.25) is 5.91 Å². The molecule has 2 heterocycles. The third kappa shape index (κ3) is 2.62. The Labute approximate surface area is 130 Å². The second-order valence-corrected chi connectivity index (χ2v) is 6.69. The first-order valence-electron chi connectivity index (χ1n) is 7.88. The van der Waals surface area contributed by atoms with E-state index in [1.165, 1.54) is 0 Å². The van der Waals surface area contributed by atoms with E-state index in [1.807, 2.05) is 20.9 Å². The summed E-state index contributed by atoms with van der Waals surface area (Å²) in [5.74, 6) is -0.500. The smallest absolute Gasteiger partial charge is 0.308 e. The lowest BCUT2D eigenvalue weighted by Gasteiger charge is -2.16. The zero-order valence-electron chi connectivity index (χ0n) is 13.4. The molecule has 1 aromatic rings. The van der Waals surface area contributed by atoms with Crippen LogP contribution >= 0.6 is 0 Å². The molecule has 1 aromatic heterocycles. The van der Waals surface area contributed by atoms with Crippen molar-refractivity contribution in [2.75, 3.05) is 13.1 Å². The first-order valence-corrected chi connectivity index (χ1v) is 7.88. The highest BCUT2D eigenvalue weighted by atomic mass is 16.4. The van der Waals surface area contributed by atoms with Crippen LogP contribution in [0.15, 0.2) is 0 Å². The highest BCUT2D eigenvalue weighted by Gasteiger charge is 2.46. The highest BCUT2D eigenvalue weighted by molar-refractivity contribution is 5.81. The van der Waals surface area contributed by atoms with Gasteiger partial charge in [0.05, 0.1) is 18.0 Å². The Morgan fingerprint density at radius 3 is 2.45 bits per heavy atom. The first-order chi connectivity index (χ1) is 10.4. The van der Waals surface area contributed by atoms with Gasteiger partial charge in [0, 0.05) is 31.4 Å². The molecule has 0 spiro atoms. The molecule has 2 aliphatic rings. The van der Waals surface area contributed by atoms with Gasteiger partial charge in [-0.25, -0.2) is 0 Å². The van der Waals surface area contributed by atoms with Crippen molar-refractivity contribution in [3.05, 3.63) is 17.0 Å². The van der Waals surface area contributed by atoms with Crippen molar-refractivity contribution in [1.29, 1.82) is 0 Å². The zero-order valence-corrected chi connectivity index (χ0v) is 13.4. The summed E-state index contributed by atoms with van der Waals surface area (Å²) in [6, 6.07) is 0. The van der Waals surface area contributed by atoms with E-state index in [0.717, 1.165) is 29.8 Å². The van der Waals surface area contributed by atoms with Gasteiger partial charge in [0.25, 0.3) is 0 Å². The van der Waals surface area contributed by atoms with E-state index in [1.54, 1.807) is 9.58 Å². The number of aromatic nitrogens is 2. The molecule has 6 nitrogen and oxygen atoms in total. The van der Waals surface area contributed by atoms with E-state index in [2.05, 4.69) is 5.10 Å². The minimum absolute atomic E-state index is 0.0219. The van der Waals surface area contributed by atoms with Crippen LogP contribution in [0.25, 0.3) is 0 Å². The summed E-state index contributed by atoms with van der Waals surface area (Å²) >= 11 is 0. The molecule has 0 unspecified atom stereocenters. The molecular weight excluding hydrogens is 282 g/mol. The van der Waals surface area contributed by atoms with E-state index < -0.39 is 11.9 Å². The largest absolute Gasteiger partial charge is 0.481 e. The normalized spacial score (nSPS) is 24.8. The third-order valence-corrected chi connectivity index (χ3v) is 5.25. The van der Waals surface area contributed by atoms with Gasteiger partial charge in [0.1, 0.15) is 0 Å². The first kappa shape index (κ1) is 15.1. The van der Waals surface area contributed by atoms with Gasteiger partial charge < -0.3 is 10.0 Å². The maximum absolute atomic E-state index is 12.6. The van der Waals surface area contributed by atoms with Crippen LogP contribution in [0.2, 0.25) is 0 Å². The summed E-state index contributed by atoms with van der Waals surface area (Å²) in [6.45, 7) is 4.82. The average Bonchev–Trinajstić information content (AvgIpc) is 3.15. The number of carbonyl (C=O) groups is 2. The van der Waals surface area contributed by atoms with Crippen LogP contribution in [0.5, 0.6) is 0 Å². The summed E-state index contributed by atoms with van der Waals surface area (Å²) in [6.07, 6.45) is 2.53. The summed E-state index contributed by atoms with van der Waals surface area (Å²) in [4.78, 5) is 25.8. The summed E-state index contributed by atoms with van der Waals surface area (Å²) < 4.78 is 1.79. The van der Waals surface area contributed by atoms with Crippen LogP contribution in [0.1, 0.15) is 29.8 Å². The van der Waals surface area contributed by atoms with Crippen molar-refractivity contribution < 1.29 is 14.7 Å². The second-order valence-electron chi connectivity index (χ2n) is 6.69. The number of carbonyl (C=O) groups excluding carboxylic acids is 1. The summed E-state index contributed by atoms with van der Waals surface area (Å²) in [7, 11) is 1.87. The van der Waals surface area contributed by atoms with Gasteiger partial charge in [-0.05, 0) is 38.5 Å². The van der Waals surface area contributed by atoms with Crippen molar-refractivity contribution in [3.63, 3.8) is 0 Å². The van der Waals surface area contributed by atoms with Gasteiger partial charge in [-0.1, -0.05) is 0 Å². The molecule has 2 atom stereocenters. The van der Waals surface area contributed by atoms with Gasteiger partial charge in [-0.15, -0.1) is 0 Å². The number of carboxylic acid groups (broad SMARTS) is 1. The molecule has 3 rings (SSSR count). The molecule has 0 aromatic carbocycles. The number of nitrogens with zero attached hydrogens (tertiary/aromatic N) is 3. The average molecular weight is 305 g/mol. The predicted octanol–water partition coefficient (Wildman–Crippen LogP) is 1.15. The third-order valence-electron chi connectivity index (χ3n) is 5.25. The molecule has 0 bridgehead atoms. The summed E-state index contributed by atoms with van der Waals surface area (Å²) in [5.41, 5.74) is 2.84. The standard InChI is InChI=1S/C16H23N3O3/c1-9-12(10(2)18(3)17-9)6-15(20)19-7-13(11-4-5-11)14(8-19)16(21)22/h11,13-14H,4-8H2,1-3H3,(H,21,22)/t13-,14+/m1/s1. The van der Waals surface area contributed by atoms with Gasteiger partial charge in [-0.3, -0.25) is 14.3 Å². The minimum atomic E-state index is -0.763. The number of amides is 1. The fourth-order valence-corrected chi connectivity index (χ4v) is 3.63. The quantitative estimate of drug-likeness (QED) is 0.905. The van der Waals surface area contributed by atoms with Crippen molar-refractivity contribution in [2.45, 2.75) is 33.1 Å². The predicted molar refractivity (Wildman–Crippen MR) is 80.3 cm³/mol. The lowest BCUT2D eigenvalue weighted by Crippen LogP contribution is -2.31. The number of aliphatic carboxylic acids is 1. The molecule has 1 aliphatic heterocycles. The van der Waals surface area contributed by atoms with Crippen molar-refractivity contribution in [1.82, 2.24) is 14.7 Å². The molecule has 1 aliphatic carbocycles. The molecule has 1 N–H and O–H groups in total. The SMILES string of the molecule is Cc1nn(C)c(C)c1CC(=O)N1C[C@H](C(=O)O)[C@@H](C2CC2)C1. The van der Waals surface area contributed by atoms with Crippen LogP contribution in [-0.2, 0) is 23.1 Å². The monoisotopic (exact) mass is 305 g/mol. The van der Waals surface area contributed by atoms with E-state index in [9.17, 15) is 14.7 Å². The molecule has 6 heteroatoms. The Balaban J connectivity index is 1.71. The Morgan fingerprint density at radius 2 is 1.95 bits per heavy atom. The molecule has 22 heavy (non-hydrogen) atoms. The van der Waals surface area contributed by atoms with E-state index >= 15 is 0 Å². The lowest BCUT2D eigenvalue weighted by atomic mass is 9.92. The fourth-order valence-electron chi connectivity index (χ4n) is 3.63. The van der Waals surface area contributed by atoms with Crippen molar-refractivity contribution in [3.8, 4) is 0 Å². The highest BCUT2D eigenvalue weighted by Crippen LogP contribution is 2.44. The Bertz CT molecular complexity index is 618. The second kappa shape index (κ2) is 5.41. The molecule has 1 saturated carbocycles. The Hall–Kier alpha value is -1.85. The van der Waals surface area contributed by atoms with Gasteiger partial charge >= 0.3 is 5.97 Å². The molecule has 2 fully saturated rings. The number of likely N-dealkylation sites (tertiary alicyclic amines) is 1. The lowest BCUT2D eigenvalue weighted by molar-refractivity contribution is -0.142. The van der Waals surface area contributed by atoms with Crippen LogP contribution < -0.4 is 0 Å². The topological polar surface area (TPSA) is 75.4 Å². The van der Waals surface area contributed by atoms with E-state index in [0.29, 0.717) is 25.4 Å². The molecule has 0 radical (unpaired) electrons. The van der Waals surface area contributed by atoms with Crippen molar-refractivity contribution in [2.24, 2.45) is 24.8 Å². The Morgan fingerprint density at radius 1 is 1.27 bits per heavy atom. The molecule has 1 amide bonds. The number of rotatable bonds is 4. The van der Waals surface area contributed by atoms with Gasteiger partial charge in [-0.2, -0.15) is 5.10 Å². The number of hydrogen-bond acceptors (Lipinski definition) is 3. The zero-order chi connectivity index (χ0) is 16.0. The van der Waals surface area contributed by atoms with Crippen LogP contribution in [0, 0.1) is 31.6 Å². The maximum atomic E-state index is 12.6. The number of hydrogen-bond donors (Lipinski definition) is 1. The number of carboxylic acids is 1. The Kier molecular flexibility index (Phi) is 3.70. The van der Waals surface area contributed by atoms with Crippen LogP contribution in [0.4, 0.5) is 0 Å². The van der Waals surface area contributed by atoms with Crippen LogP contribution in [0.3, 0.4) is 0 Å². The maximum Gasteiger partial charge on any atom is 0.308 e. The van der Waals surface area contributed by atoms with Gasteiger partial charge in [0.15, 0.2) is 0 Å². The number of aryl methyl sites for hydroxylation is 2. The van der Waals surface area contributed by atoms with Crippen molar-refractivity contribution >= 4 is 11.9 Å². The summed E-state index contributed by atoms with van der Waals surface area (Å²) in [5, 5.41) is 13.7. The van der Waals surface area contributed by atoms with E-state index in [-0.39, 0.29) is 11.8 Å². The minimum Gasteiger partial charge on any atom is -0.481 e. The van der Waals surface area contributed by atoms with E-state index in [4.69, 9.17) is 0 Å². The fraction of sp³-hybridized carbons (Fsp3) is 0.688.